The second-order valence-corrected chi connectivity index (χ2v) is 7.19. The van der Waals surface area contributed by atoms with Crippen molar-refractivity contribution in [3.05, 3.63) is 35.4 Å². The third kappa shape index (κ3) is 3.72. The summed E-state index contributed by atoms with van der Waals surface area (Å²) in [5.41, 5.74) is 0.0844. The number of Topliss-reactive ketones (excluding diaryl/α,β-unsaturated/α-hetero) is 1. The van der Waals surface area contributed by atoms with Gasteiger partial charge in [-0.3, -0.25) is 9.00 Å². The van der Waals surface area contributed by atoms with Crippen molar-refractivity contribution in [2.75, 3.05) is 5.75 Å². The molecule has 2 nitrogen and oxygen atoms in total. The average Bonchev–Trinajstić information content (AvgIpc) is 2.41. The molecule has 3 unspecified atom stereocenters. The van der Waals surface area contributed by atoms with Crippen LogP contribution in [0.2, 0.25) is 0 Å². The fourth-order valence-corrected chi connectivity index (χ4v) is 4.25. The normalized spacial score (nSPS) is 24.4. The Bertz CT molecular complexity index is 531. The van der Waals surface area contributed by atoms with E-state index in [1.165, 1.54) is 6.07 Å². The first-order valence-corrected chi connectivity index (χ1v) is 8.21. The number of carbonyl (C=O) groups excluding carboxylic acids is 1. The van der Waals surface area contributed by atoms with Crippen LogP contribution >= 0.6 is 0 Å². The van der Waals surface area contributed by atoms with Gasteiger partial charge in [0.05, 0.1) is 5.75 Å². The fraction of sp³-hybridized carbons (Fsp3) is 0.533. The fourth-order valence-electron chi connectivity index (χ4n) is 2.62. The lowest BCUT2D eigenvalue weighted by Crippen LogP contribution is -2.27. The Balaban J connectivity index is 2.00. The van der Waals surface area contributed by atoms with Crippen LogP contribution in [0.1, 0.15) is 43.0 Å². The Morgan fingerprint density at radius 2 is 2.05 bits per heavy atom. The average molecular weight is 300 g/mol. The van der Waals surface area contributed by atoms with E-state index in [2.05, 4.69) is 6.92 Å². The summed E-state index contributed by atoms with van der Waals surface area (Å²) in [6.07, 6.45) is 3.93. The molecule has 5 heteroatoms. The molecule has 0 amide bonds. The van der Waals surface area contributed by atoms with Crippen LogP contribution < -0.4 is 0 Å². The zero-order valence-electron chi connectivity index (χ0n) is 11.4. The maximum absolute atomic E-state index is 13.1. The van der Waals surface area contributed by atoms with Crippen LogP contribution in [-0.2, 0) is 10.8 Å². The molecule has 20 heavy (non-hydrogen) atoms. The van der Waals surface area contributed by atoms with Gasteiger partial charge in [-0.25, -0.2) is 8.78 Å². The molecule has 0 spiro atoms. The van der Waals surface area contributed by atoms with Crippen molar-refractivity contribution in [1.29, 1.82) is 0 Å². The van der Waals surface area contributed by atoms with E-state index in [1.54, 1.807) is 0 Å². The van der Waals surface area contributed by atoms with Gasteiger partial charge in [0.15, 0.2) is 17.4 Å². The van der Waals surface area contributed by atoms with Crippen LogP contribution in [0.5, 0.6) is 0 Å². The molecule has 0 aliphatic heterocycles. The lowest BCUT2D eigenvalue weighted by atomic mass is 9.91. The van der Waals surface area contributed by atoms with Gasteiger partial charge in [0.25, 0.3) is 0 Å². The minimum absolute atomic E-state index is 0.0491. The van der Waals surface area contributed by atoms with Gasteiger partial charge in [0.2, 0.25) is 0 Å². The largest absolute Gasteiger partial charge is 0.293 e. The summed E-state index contributed by atoms with van der Waals surface area (Å²) in [6, 6.07) is 3.04. The molecule has 1 saturated carbocycles. The highest BCUT2D eigenvalue weighted by Crippen LogP contribution is 2.27. The molecule has 1 aromatic carbocycles. The maximum atomic E-state index is 13.1. The monoisotopic (exact) mass is 300 g/mol. The van der Waals surface area contributed by atoms with E-state index in [0.29, 0.717) is 5.92 Å². The van der Waals surface area contributed by atoms with Crippen LogP contribution in [0.25, 0.3) is 0 Å². The number of carbonyl (C=O) groups is 1. The van der Waals surface area contributed by atoms with Crippen molar-refractivity contribution in [3.63, 3.8) is 0 Å². The van der Waals surface area contributed by atoms with Crippen LogP contribution in [0.3, 0.4) is 0 Å². The molecular weight excluding hydrogens is 282 g/mol. The zero-order chi connectivity index (χ0) is 14.7. The molecule has 0 radical (unpaired) electrons. The number of rotatable bonds is 4. The SMILES string of the molecule is CC1CCCC(S(=O)CC(=O)c2ccc(F)c(F)c2)C1. The van der Waals surface area contributed by atoms with Crippen LogP contribution in [0, 0.1) is 17.6 Å². The van der Waals surface area contributed by atoms with Crippen molar-refractivity contribution in [1.82, 2.24) is 0 Å². The second-order valence-electron chi connectivity index (χ2n) is 5.47. The maximum Gasteiger partial charge on any atom is 0.175 e. The standard InChI is InChI=1S/C15H18F2O2S/c1-10-3-2-4-12(7-10)20(19)9-15(18)11-5-6-13(16)14(17)8-11/h5-6,8,10,12H,2-4,7,9H2,1H3. The van der Waals surface area contributed by atoms with Crippen molar-refractivity contribution < 1.29 is 17.8 Å². The van der Waals surface area contributed by atoms with Gasteiger partial charge in [-0.15, -0.1) is 0 Å². The van der Waals surface area contributed by atoms with Gasteiger partial charge in [-0.2, -0.15) is 0 Å². The molecule has 0 N–H and O–H groups in total. The molecule has 1 aromatic rings. The van der Waals surface area contributed by atoms with E-state index < -0.39 is 22.4 Å². The molecule has 110 valence electrons. The van der Waals surface area contributed by atoms with Crippen molar-refractivity contribution in [2.45, 2.75) is 37.9 Å². The van der Waals surface area contributed by atoms with Crippen LogP contribution in [-0.4, -0.2) is 21.0 Å². The summed E-state index contributed by atoms with van der Waals surface area (Å²) >= 11 is 0. The predicted molar refractivity (Wildman–Crippen MR) is 75.1 cm³/mol. The highest BCUT2D eigenvalue weighted by atomic mass is 32.2. The quantitative estimate of drug-likeness (QED) is 0.798. The minimum atomic E-state index is -1.24. The Morgan fingerprint density at radius 3 is 2.70 bits per heavy atom. The summed E-state index contributed by atoms with van der Waals surface area (Å²) in [7, 11) is -1.24. The third-order valence-corrected chi connectivity index (χ3v) is 5.49. The Kier molecular flexibility index (Phi) is 5.02. The summed E-state index contributed by atoms with van der Waals surface area (Å²) < 4.78 is 38.1. The molecule has 1 aliphatic rings. The molecule has 1 aliphatic carbocycles. The van der Waals surface area contributed by atoms with Gasteiger partial charge < -0.3 is 0 Å². The molecule has 0 aromatic heterocycles. The Morgan fingerprint density at radius 1 is 1.30 bits per heavy atom. The molecule has 0 bridgehead atoms. The topological polar surface area (TPSA) is 34.1 Å². The van der Waals surface area contributed by atoms with Gasteiger partial charge in [-0.1, -0.05) is 19.8 Å². The summed E-state index contributed by atoms with van der Waals surface area (Å²) in [6.45, 7) is 2.13. The van der Waals surface area contributed by atoms with Crippen molar-refractivity contribution in [3.8, 4) is 0 Å². The number of ketones is 1. The van der Waals surface area contributed by atoms with Crippen LogP contribution in [0.15, 0.2) is 18.2 Å². The smallest absolute Gasteiger partial charge is 0.175 e. The van der Waals surface area contributed by atoms with Gasteiger partial charge in [-0.05, 0) is 37.0 Å². The first-order chi connectivity index (χ1) is 9.47. The first kappa shape index (κ1) is 15.3. The highest BCUT2D eigenvalue weighted by molar-refractivity contribution is 7.86. The van der Waals surface area contributed by atoms with E-state index in [-0.39, 0.29) is 22.3 Å². The van der Waals surface area contributed by atoms with Crippen LogP contribution in [0.4, 0.5) is 8.78 Å². The molecule has 3 atom stereocenters. The lowest BCUT2D eigenvalue weighted by Gasteiger charge is -2.25. The lowest BCUT2D eigenvalue weighted by molar-refractivity contribution is 0.102. The Hall–Kier alpha value is -1.10. The molecule has 2 rings (SSSR count). The van der Waals surface area contributed by atoms with E-state index in [0.717, 1.165) is 37.8 Å². The number of halogens is 2. The van der Waals surface area contributed by atoms with Gasteiger partial charge >= 0.3 is 0 Å². The third-order valence-electron chi connectivity index (χ3n) is 3.77. The predicted octanol–water partition coefficient (Wildman–Crippen LogP) is 3.47. The minimum Gasteiger partial charge on any atom is -0.293 e. The van der Waals surface area contributed by atoms with Crippen molar-refractivity contribution in [2.24, 2.45) is 5.92 Å². The summed E-state index contributed by atoms with van der Waals surface area (Å²) in [5.74, 6) is -1.99. The van der Waals surface area contributed by atoms with Gasteiger partial charge in [0.1, 0.15) is 0 Å². The number of hydrogen-bond acceptors (Lipinski definition) is 2. The molecular formula is C15H18F2O2S. The van der Waals surface area contributed by atoms with Gasteiger partial charge in [0, 0.05) is 21.6 Å². The molecule has 0 heterocycles. The molecule has 0 saturated heterocycles. The van der Waals surface area contributed by atoms with E-state index >= 15 is 0 Å². The van der Waals surface area contributed by atoms with E-state index in [9.17, 15) is 17.8 Å². The van der Waals surface area contributed by atoms with E-state index in [1.807, 2.05) is 0 Å². The summed E-state index contributed by atoms with van der Waals surface area (Å²) in [4.78, 5) is 12.0. The molecule has 1 fully saturated rings. The van der Waals surface area contributed by atoms with E-state index in [4.69, 9.17) is 0 Å². The van der Waals surface area contributed by atoms with Crippen molar-refractivity contribution >= 4 is 16.6 Å². The second kappa shape index (κ2) is 6.57. The first-order valence-electron chi connectivity index (χ1n) is 6.83. The number of benzene rings is 1. The summed E-state index contributed by atoms with van der Waals surface area (Å²) in [5, 5.41) is 0.0491. The zero-order valence-corrected chi connectivity index (χ0v) is 12.2. The number of hydrogen-bond donors (Lipinski definition) is 0. The highest BCUT2D eigenvalue weighted by Gasteiger charge is 2.25. The Labute approximate surface area is 120 Å².